The number of alkyl halides is 3. The Morgan fingerprint density at radius 3 is 2.50 bits per heavy atom. The molecule has 214 valence electrons. The summed E-state index contributed by atoms with van der Waals surface area (Å²) < 4.78 is 47.8. The Bertz CT molecular complexity index is 1320. The number of aldehydes is 1. The monoisotopic (exact) mass is 562 g/mol. The molecule has 0 bridgehead atoms. The lowest BCUT2D eigenvalue weighted by Gasteiger charge is -2.46. The van der Waals surface area contributed by atoms with Gasteiger partial charge in [-0.25, -0.2) is 9.59 Å². The molecule has 0 aromatic heterocycles. The lowest BCUT2D eigenvalue weighted by atomic mass is 9.95. The van der Waals surface area contributed by atoms with E-state index in [1.165, 1.54) is 0 Å². The van der Waals surface area contributed by atoms with Crippen LogP contribution in [-0.2, 0) is 32.2 Å². The Balaban J connectivity index is 0.000000487. The van der Waals surface area contributed by atoms with Crippen molar-refractivity contribution in [2.24, 2.45) is 0 Å². The summed E-state index contributed by atoms with van der Waals surface area (Å²) in [7, 11) is 0. The van der Waals surface area contributed by atoms with E-state index in [2.05, 4.69) is 9.80 Å². The number of rotatable bonds is 4. The van der Waals surface area contributed by atoms with Crippen LogP contribution in [0, 0.1) is 6.92 Å². The van der Waals surface area contributed by atoms with Crippen molar-refractivity contribution in [3.8, 4) is 0 Å². The lowest BCUT2D eigenvalue weighted by molar-refractivity contribution is -0.156. The molecule has 0 aliphatic carbocycles. The van der Waals surface area contributed by atoms with Gasteiger partial charge in [0.05, 0.1) is 29.9 Å². The van der Waals surface area contributed by atoms with Gasteiger partial charge in [0, 0.05) is 49.9 Å². The standard InChI is InChI=1S/C26H28N2O6.C2HF3O/c1-15-19(4-5-21-22(15)14-34-26(21)31)23(29)10-27-6-7-28-11-24(32-13-18(28)9-27)16-2-3-20-17(8-16)12-33-25(20)30;3-2(4,5)1-6/h2-5,8,18,23-24,29H,6-7,9-14H2,1H3;1H/t18-,23-,24-;/m0./s1. The third-order valence-corrected chi connectivity index (χ3v) is 7.79. The minimum Gasteiger partial charge on any atom is -0.457 e. The highest BCUT2D eigenvalue weighted by atomic mass is 19.4. The van der Waals surface area contributed by atoms with Gasteiger partial charge in [-0.2, -0.15) is 13.2 Å². The van der Waals surface area contributed by atoms with Gasteiger partial charge in [0.1, 0.15) is 13.2 Å². The van der Waals surface area contributed by atoms with Crippen molar-refractivity contribution in [2.75, 3.05) is 39.3 Å². The first kappa shape index (κ1) is 28.2. The number of nitrogens with zero attached hydrogens (tertiary/aromatic N) is 2. The zero-order valence-corrected chi connectivity index (χ0v) is 21.8. The fourth-order valence-electron chi connectivity index (χ4n) is 5.64. The topological polar surface area (TPSA) is 106 Å². The normalized spacial score (nSPS) is 23.2. The van der Waals surface area contributed by atoms with Crippen molar-refractivity contribution < 1.29 is 46.9 Å². The molecule has 0 radical (unpaired) electrons. The third kappa shape index (κ3) is 5.90. The number of benzene rings is 2. The first-order chi connectivity index (χ1) is 19.0. The summed E-state index contributed by atoms with van der Waals surface area (Å²) >= 11 is 0. The number of aliphatic hydroxyl groups is 1. The second kappa shape index (κ2) is 11.3. The summed E-state index contributed by atoms with van der Waals surface area (Å²) in [6.45, 7) is 7.18. The number of morpholine rings is 1. The van der Waals surface area contributed by atoms with Gasteiger partial charge in [-0.3, -0.25) is 14.6 Å². The molecule has 12 heteroatoms. The van der Waals surface area contributed by atoms with Gasteiger partial charge in [0.25, 0.3) is 0 Å². The number of hydrogen-bond donors (Lipinski definition) is 1. The number of fused-ring (bicyclic) bond motifs is 3. The molecule has 6 rings (SSSR count). The van der Waals surface area contributed by atoms with Crippen molar-refractivity contribution in [3.63, 3.8) is 0 Å². The average molecular weight is 563 g/mol. The second-order valence-corrected chi connectivity index (χ2v) is 10.3. The third-order valence-electron chi connectivity index (χ3n) is 7.79. The van der Waals surface area contributed by atoms with Gasteiger partial charge in [-0.1, -0.05) is 12.1 Å². The van der Waals surface area contributed by atoms with Gasteiger partial charge in [-0.15, -0.1) is 0 Å². The number of hydrogen-bond acceptors (Lipinski definition) is 9. The van der Waals surface area contributed by atoms with Crippen LogP contribution < -0.4 is 0 Å². The molecule has 1 N–H and O–H groups in total. The molecule has 0 unspecified atom stereocenters. The van der Waals surface area contributed by atoms with E-state index < -0.39 is 18.6 Å². The number of aliphatic hydroxyl groups excluding tert-OH is 1. The van der Waals surface area contributed by atoms with E-state index >= 15 is 0 Å². The Hall–Kier alpha value is -3.32. The van der Waals surface area contributed by atoms with Gasteiger partial charge in [0.15, 0.2) is 0 Å². The maximum atomic E-state index is 11.8. The van der Waals surface area contributed by atoms with Crippen LogP contribution in [0.3, 0.4) is 0 Å². The van der Waals surface area contributed by atoms with E-state index in [0.29, 0.717) is 30.9 Å². The molecule has 4 heterocycles. The zero-order chi connectivity index (χ0) is 28.6. The molecule has 40 heavy (non-hydrogen) atoms. The highest BCUT2D eigenvalue weighted by Gasteiger charge is 2.36. The number of piperazine rings is 1. The Labute approximate surface area is 228 Å². The summed E-state index contributed by atoms with van der Waals surface area (Å²) in [6.07, 6.45) is -6.35. The minimum absolute atomic E-state index is 0.0200. The predicted molar refractivity (Wildman–Crippen MR) is 133 cm³/mol. The number of β-amino-alcohol motifs (C(OH)–C–C–N with tert-alkyl or cyclic N) is 1. The molecule has 0 spiro atoms. The molecular formula is C28H29F3N2O7. The van der Waals surface area contributed by atoms with Crippen LogP contribution >= 0.6 is 0 Å². The van der Waals surface area contributed by atoms with Crippen LogP contribution in [0.1, 0.15) is 60.7 Å². The van der Waals surface area contributed by atoms with E-state index in [0.717, 1.165) is 54.0 Å². The molecule has 0 amide bonds. The van der Waals surface area contributed by atoms with Gasteiger partial charge >= 0.3 is 18.1 Å². The molecule has 2 aromatic rings. The lowest BCUT2D eigenvalue weighted by Crippen LogP contribution is -2.58. The van der Waals surface area contributed by atoms with E-state index in [1.807, 2.05) is 31.2 Å². The second-order valence-electron chi connectivity index (χ2n) is 10.3. The molecule has 2 saturated heterocycles. The largest absolute Gasteiger partial charge is 0.457 e. The predicted octanol–water partition coefficient (Wildman–Crippen LogP) is 2.87. The highest BCUT2D eigenvalue weighted by molar-refractivity contribution is 5.94. The molecular weight excluding hydrogens is 533 g/mol. The van der Waals surface area contributed by atoms with Crippen LogP contribution in [0.5, 0.6) is 0 Å². The molecule has 4 aliphatic rings. The van der Waals surface area contributed by atoms with E-state index in [4.69, 9.17) is 19.0 Å². The number of carbonyl (C=O) groups is 3. The fraction of sp³-hybridized carbons (Fsp3) is 0.464. The highest BCUT2D eigenvalue weighted by Crippen LogP contribution is 2.32. The summed E-state index contributed by atoms with van der Waals surface area (Å²) in [5, 5.41) is 11.0. The number of carbonyl (C=O) groups excluding carboxylic acids is 3. The number of esters is 2. The molecule has 3 atom stereocenters. The SMILES string of the molecule is Cc1c([C@@H](O)CN2CCN3C[C@@H](c4ccc5c(c4)COC5=O)OC[C@@H]3C2)ccc2c1COC2=O.O=CC(F)(F)F. The van der Waals surface area contributed by atoms with Gasteiger partial charge < -0.3 is 19.3 Å². The van der Waals surface area contributed by atoms with E-state index in [-0.39, 0.29) is 30.7 Å². The molecule has 0 saturated carbocycles. The van der Waals surface area contributed by atoms with Crippen LogP contribution in [0.2, 0.25) is 0 Å². The van der Waals surface area contributed by atoms with Gasteiger partial charge in [0.2, 0.25) is 6.29 Å². The number of cyclic esters (lactones) is 2. The van der Waals surface area contributed by atoms with E-state index in [9.17, 15) is 27.9 Å². The Morgan fingerprint density at radius 1 is 1.05 bits per heavy atom. The minimum atomic E-state index is -4.64. The summed E-state index contributed by atoms with van der Waals surface area (Å²) in [5.41, 5.74) is 5.98. The van der Waals surface area contributed by atoms with E-state index in [1.54, 1.807) is 6.07 Å². The summed E-state index contributed by atoms with van der Waals surface area (Å²) in [6, 6.07) is 9.76. The smallest absolute Gasteiger partial charge is 0.446 e. The first-order valence-corrected chi connectivity index (χ1v) is 12.9. The molecule has 4 aliphatic heterocycles. The average Bonchev–Trinajstić information content (AvgIpc) is 3.50. The zero-order valence-electron chi connectivity index (χ0n) is 21.8. The van der Waals surface area contributed by atoms with Crippen molar-refractivity contribution in [2.45, 2.75) is 44.6 Å². The quantitative estimate of drug-likeness (QED) is 0.445. The Morgan fingerprint density at radius 2 is 1.75 bits per heavy atom. The van der Waals surface area contributed by atoms with Crippen LogP contribution in [0.25, 0.3) is 0 Å². The van der Waals surface area contributed by atoms with Crippen molar-refractivity contribution >= 4 is 18.2 Å². The molecule has 2 fully saturated rings. The molecule has 2 aromatic carbocycles. The van der Waals surface area contributed by atoms with Crippen molar-refractivity contribution in [1.82, 2.24) is 9.80 Å². The number of halogens is 3. The van der Waals surface area contributed by atoms with Crippen LogP contribution in [0.4, 0.5) is 13.2 Å². The fourth-order valence-corrected chi connectivity index (χ4v) is 5.64. The molecule has 9 nitrogen and oxygen atoms in total. The van der Waals surface area contributed by atoms with Crippen molar-refractivity contribution in [1.29, 1.82) is 0 Å². The first-order valence-electron chi connectivity index (χ1n) is 12.9. The van der Waals surface area contributed by atoms with Crippen LogP contribution in [0.15, 0.2) is 30.3 Å². The van der Waals surface area contributed by atoms with Gasteiger partial charge in [-0.05, 0) is 41.8 Å². The Kier molecular flexibility index (Phi) is 7.96. The van der Waals surface area contributed by atoms with Crippen LogP contribution in [-0.4, -0.2) is 84.7 Å². The maximum Gasteiger partial charge on any atom is 0.446 e. The summed E-state index contributed by atoms with van der Waals surface area (Å²) in [5.74, 6) is -0.533. The number of ether oxygens (including phenoxy) is 3. The summed E-state index contributed by atoms with van der Waals surface area (Å²) in [4.78, 5) is 37.0. The van der Waals surface area contributed by atoms with Crippen molar-refractivity contribution in [3.05, 3.63) is 69.3 Å². The maximum absolute atomic E-state index is 11.8.